The van der Waals surface area contributed by atoms with Gasteiger partial charge in [0.25, 0.3) is 0 Å². The van der Waals surface area contributed by atoms with Crippen molar-refractivity contribution in [2.45, 2.75) is 26.3 Å². The van der Waals surface area contributed by atoms with Crippen molar-refractivity contribution in [1.29, 1.82) is 0 Å². The largest absolute Gasteiger partial charge is 0.466 e. The lowest BCUT2D eigenvalue weighted by Crippen LogP contribution is -2.26. The molecule has 0 aliphatic heterocycles. The van der Waals surface area contributed by atoms with E-state index < -0.39 is 18.0 Å². The third-order valence-corrected chi connectivity index (χ3v) is 2.43. The maximum atomic E-state index is 11.8. The second-order valence-corrected chi connectivity index (χ2v) is 3.97. The van der Waals surface area contributed by atoms with E-state index in [1.54, 1.807) is 20.1 Å². The van der Waals surface area contributed by atoms with Crippen LogP contribution in [0.5, 0.6) is 0 Å². The third kappa shape index (κ3) is 5.65. The zero-order chi connectivity index (χ0) is 14.8. The lowest BCUT2D eigenvalue weighted by atomic mass is 10.2. The molecule has 0 spiro atoms. The van der Waals surface area contributed by atoms with Gasteiger partial charge in [0.05, 0.1) is 19.6 Å². The van der Waals surface area contributed by atoms with Gasteiger partial charge < -0.3 is 9.47 Å². The van der Waals surface area contributed by atoms with E-state index in [0.29, 0.717) is 0 Å². The molecular weight excluding hydrogens is 258 g/mol. The predicted octanol–water partition coefficient (Wildman–Crippen LogP) is 1.99. The number of hydrogen-bond donors (Lipinski definition) is 0. The second kappa shape index (κ2) is 8.85. The molecular formula is C15H19NO4. The van der Waals surface area contributed by atoms with Gasteiger partial charge in [0.15, 0.2) is 6.04 Å². The van der Waals surface area contributed by atoms with Crippen molar-refractivity contribution in [2.24, 2.45) is 4.99 Å². The number of carbonyl (C=O) groups is 2. The van der Waals surface area contributed by atoms with Crippen LogP contribution in [0.1, 0.15) is 25.8 Å². The average molecular weight is 277 g/mol. The van der Waals surface area contributed by atoms with Gasteiger partial charge in [0.2, 0.25) is 0 Å². The van der Waals surface area contributed by atoms with Gasteiger partial charge in [-0.3, -0.25) is 9.79 Å². The number of hydrogen-bond acceptors (Lipinski definition) is 5. The van der Waals surface area contributed by atoms with Gasteiger partial charge in [-0.05, 0) is 19.4 Å². The van der Waals surface area contributed by atoms with Gasteiger partial charge in [0, 0.05) is 6.21 Å². The first-order valence-electron chi connectivity index (χ1n) is 6.57. The fraction of sp³-hybridized carbons (Fsp3) is 0.400. The highest BCUT2D eigenvalue weighted by molar-refractivity contribution is 5.87. The summed E-state index contributed by atoms with van der Waals surface area (Å²) in [5.41, 5.74) is 0.852. The first kappa shape index (κ1) is 15.9. The molecule has 1 aromatic rings. The van der Waals surface area contributed by atoms with Gasteiger partial charge >= 0.3 is 11.9 Å². The summed E-state index contributed by atoms with van der Waals surface area (Å²) in [5.74, 6) is -0.983. The number of nitrogens with zero attached hydrogens (tertiary/aromatic N) is 1. The zero-order valence-corrected chi connectivity index (χ0v) is 11.7. The van der Waals surface area contributed by atoms with E-state index in [0.717, 1.165) is 5.56 Å². The molecule has 0 heterocycles. The second-order valence-electron chi connectivity index (χ2n) is 3.97. The maximum absolute atomic E-state index is 11.8. The minimum Gasteiger partial charge on any atom is -0.466 e. The number of rotatable bonds is 7. The van der Waals surface area contributed by atoms with Crippen LogP contribution in [-0.2, 0) is 19.1 Å². The molecule has 1 atom stereocenters. The number of carbonyl (C=O) groups excluding carboxylic acids is 2. The molecule has 5 heteroatoms. The molecule has 1 rings (SSSR count). The number of ether oxygens (including phenoxy) is 2. The van der Waals surface area contributed by atoms with Gasteiger partial charge in [-0.1, -0.05) is 30.3 Å². The molecule has 20 heavy (non-hydrogen) atoms. The molecule has 0 amide bonds. The Morgan fingerprint density at radius 1 is 1.15 bits per heavy atom. The van der Waals surface area contributed by atoms with Crippen LogP contribution in [0.15, 0.2) is 35.3 Å². The molecule has 1 unspecified atom stereocenters. The van der Waals surface area contributed by atoms with Crippen LogP contribution in [0.25, 0.3) is 0 Å². The summed E-state index contributed by atoms with van der Waals surface area (Å²) in [6.07, 6.45) is 1.44. The smallest absolute Gasteiger partial charge is 0.331 e. The van der Waals surface area contributed by atoms with Crippen LogP contribution in [-0.4, -0.2) is 37.4 Å². The quantitative estimate of drug-likeness (QED) is 0.564. The maximum Gasteiger partial charge on any atom is 0.331 e. The van der Waals surface area contributed by atoms with Crippen LogP contribution in [0, 0.1) is 0 Å². The highest BCUT2D eigenvalue weighted by atomic mass is 16.5. The van der Waals surface area contributed by atoms with Crippen molar-refractivity contribution in [2.75, 3.05) is 13.2 Å². The Labute approximate surface area is 118 Å². The monoisotopic (exact) mass is 277 g/mol. The molecule has 0 saturated carbocycles. The predicted molar refractivity (Wildman–Crippen MR) is 75.7 cm³/mol. The summed E-state index contributed by atoms with van der Waals surface area (Å²) in [7, 11) is 0. The van der Waals surface area contributed by atoms with Crippen LogP contribution >= 0.6 is 0 Å². The van der Waals surface area contributed by atoms with E-state index in [1.807, 2.05) is 30.3 Å². The minimum atomic E-state index is -0.866. The normalized spacial score (nSPS) is 12.1. The molecule has 0 N–H and O–H groups in total. The standard InChI is InChI=1S/C15H19NO4/c1-3-19-14(17)10-13(15(18)20-4-2)16-11-12-8-6-5-7-9-12/h5-9,11,13H,3-4,10H2,1-2H3. The van der Waals surface area contributed by atoms with E-state index in [1.165, 1.54) is 0 Å². The zero-order valence-electron chi connectivity index (χ0n) is 11.7. The van der Waals surface area contributed by atoms with Gasteiger partial charge in [-0.25, -0.2) is 4.79 Å². The van der Waals surface area contributed by atoms with E-state index >= 15 is 0 Å². The summed E-state index contributed by atoms with van der Waals surface area (Å²) in [4.78, 5) is 27.4. The van der Waals surface area contributed by atoms with E-state index in [4.69, 9.17) is 9.47 Å². The molecule has 0 aliphatic rings. The summed E-state index contributed by atoms with van der Waals surface area (Å²) in [6.45, 7) is 3.94. The van der Waals surface area contributed by atoms with Crippen LogP contribution in [0.4, 0.5) is 0 Å². The fourth-order valence-corrected chi connectivity index (χ4v) is 1.53. The van der Waals surface area contributed by atoms with Gasteiger partial charge in [-0.15, -0.1) is 0 Å². The minimum absolute atomic E-state index is 0.115. The summed E-state index contributed by atoms with van der Waals surface area (Å²) < 4.78 is 9.74. The Hall–Kier alpha value is -2.17. The van der Waals surface area contributed by atoms with Crippen LogP contribution in [0.2, 0.25) is 0 Å². The molecule has 0 bridgehead atoms. The molecule has 0 aromatic heterocycles. The topological polar surface area (TPSA) is 65.0 Å². The van der Waals surface area contributed by atoms with Crippen molar-refractivity contribution >= 4 is 18.2 Å². The first-order chi connectivity index (χ1) is 9.67. The van der Waals surface area contributed by atoms with E-state index in [2.05, 4.69) is 4.99 Å². The van der Waals surface area contributed by atoms with Crippen LogP contribution in [0.3, 0.4) is 0 Å². The van der Waals surface area contributed by atoms with Crippen molar-refractivity contribution in [3.63, 3.8) is 0 Å². The Kier molecular flexibility index (Phi) is 7.03. The Bertz CT molecular complexity index is 456. The van der Waals surface area contributed by atoms with Crippen molar-refractivity contribution in [3.8, 4) is 0 Å². The molecule has 0 aliphatic carbocycles. The third-order valence-electron chi connectivity index (χ3n) is 2.43. The average Bonchev–Trinajstić information content (AvgIpc) is 2.45. The SMILES string of the molecule is CCOC(=O)CC(N=Cc1ccccc1)C(=O)OCC. The Morgan fingerprint density at radius 2 is 1.80 bits per heavy atom. The summed E-state index contributed by atoms with van der Waals surface area (Å²) >= 11 is 0. The van der Waals surface area contributed by atoms with Gasteiger partial charge in [-0.2, -0.15) is 0 Å². The highest BCUT2D eigenvalue weighted by Crippen LogP contribution is 2.05. The van der Waals surface area contributed by atoms with Crippen molar-refractivity contribution in [3.05, 3.63) is 35.9 Å². The molecule has 5 nitrogen and oxygen atoms in total. The first-order valence-corrected chi connectivity index (χ1v) is 6.57. The fourth-order valence-electron chi connectivity index (χ4n) is 1.53. The number of aliphatic imine (C=N–C) groups is 1. The number of esters is 2. The molecule has 108 valence electrons. The summed E-state index contributed by atoms with van der Waals surface area (Å²) in [6, 6.07) is 8.47. The highest BCUT2D eigenvalue weighted by Gasteiger charge is 2.22. The van der Waals surface area contributed by atoms with E-state index in [-0.39, 0.29) is 19.6 Å². The molecule has 1 aromatic carbocycles. The van der Waals surface area contributed by atoms with Crippen molar-refractivity contribution < 1.29 is 19.1 Å². The van der Waals surface area contributed by atoms with Crippen molar-refractivity contribution in [1.82, 2.24) is 0 Å². The van der Waals surface area contributed by atoms with Crippen LogP contribution < -0.4 is 0 Å². The molecule has 0 saturated heterocycles. The Balaban J connectivity index is 2.74. The summed E-state index contributed by atoms with van der Waals surface area (Å²) in [5, 5.41) is 0. The van der Waals surface area contributed by atoms with Gasteiger partial charge in [0.1, 0.15) is 0 Å². The molecule has 0 fully saturated rings. The lowest BCUT2D eigenvalue weighted by Gasteiger charge is -2.10. The molecule has 0 radical (unpaired) electrons. The Morgan fingerprint density at radius 3 is 2.40 bits per heavy atom. The van der Waals surface area contributed by atoms with E-state index in [9.17, 15) is 9.59 Å². The number of benzene rings is 1. The lowest BCUT2D eigenvalue weighted by molar-refractivity contribution is -0.151.